The lowest BCUT2D eigenvalue weighted by Gasteiger charge is -2.22. The third-order valence-electron chi connectivity index (χ3n) is 3.67. The van der Waals surface area contributed by atoms with E-state index in [-0.39, 0.29) is 12.1 Å². The highest BCUT2D eigenvalue weighted by atomic mass is 32.1. The minimum absolute atomic E-state index is 0.0151. The third kappa shape index (κ3) is 9.03. The summed E-state index contributed by atoms with van der Waals surface area (Å²) in [6, 6.07) is -0.0151. The number of rotatable bonds is 10. The van der Waals surface area contributed by atoms with Crippen LogP contribution in [-0.2, 0) is 17.6 Å². The molecular formula is C18H33N5O2S. The van der Waals surface area contributed by atoms with Gasteiger partial charge in [-0.2, -0.15) is 0 Å². The van der Waals surface area contributed by atoms with E-state index in [1.54, 1.807) is 25.3 Å². The first kappa shape index (κ1) is 22.2. The van der Waals surface area contributed by atoms with Crippen molar-refractivity contribution in [3.8, 4) is 0 Å². The summed E-state index contributed by atoms with van der Waals surface area (Å²) in [5, 5.41) is 10.6. The van der Waals surface area contributed by atoms with Crippen LogP contribution in [0.2, 0.25) is 0 Å². The van der Waals surface area contributed by atoms with Crippen LogP contribution in [0.3, 0.4) is 0 Å². The monoisotopic (exact) mass is 383 g/mol. The number of alkyl carbamates (subject to hydrolysis) is 1. The molecule has 1 aromatic heterocycles. The number of nitrogens with one attached hydrogen (secondary N) is 3. The Hall–Kier alpha value is -1.83. The topological polar surface area (TPSA) is 87.6 Å². The van der Waals surface area contributed by atoms with E-state index in [1.165, 1.54) is 4.88 Å². The van der Waals surface area contributed by atoms with Crippen LogP contribution in [0.1, 0.15) is 44.0 Å². The highest BCUT2D eigenvalue weighted by Gasteiger charge is 2.15. The van der Waals surface area contributed by atoms with Gasteiger partial charge in [0.05, 0.1) is 11.6 Å². The molecule has 0 aromatic carbocycles. The minimum atomic E-state index is -0.376. The lowest BCUT2D eigenvalue weighted by Crippen LogP contribution is -2.48. The quantitative estimate of drug-likeness (QED) is 0.427. The number of hydrogen-bond acceptors (Lipinski definition) is 5. The molecule has 0 fully saturated rings. The van der Waals surface area contributed by atoms with E-state index in [4.69, 9.17) is 4.74 Å². The fraction of sp³-hybridized carbons (Fsp3) is 0.722. The molecule has 8 heteroatoms. The first-order valence-electron chi connectivity index (χ1n) is 9.29. The standard InChI is InChI=1S/C18H33N5O2S/c1-6-15-12-21-16(26-15)8-9-20-17(19-5)22-11-14(10-13(3)4)23-18(24)25-7-2/h12-14H,6-11H2,1-5H3,(H,23,24)(H2,19,20,22). The van der Waals surface area contributed by atoms with Gasteiger partial charge in [-0.05, 0) is 25.7 Å². The molecule has 1 heterocycles. The number of guanidine groups is 1. The van der Waals surface area contributed by atoms with Crippen LogP contribution >= 0.6 is 11.3 Å². The molecule has 1 amide bonds. The van der Waals surface area contributed by atoms with Gasteiger partial charge >= 0.3 is 6.09 Å². The molecule has 0 radical (unpaired) electrons. The van der Waals surface area contributed by atoms with E-state index in [0.717, 1.165) is 36.8 Å². The second kappa shape index (κ2) is 12.5. The molecule has 0 bridgehead atoms. The van der Waals surface area contributed by atoms with Gasteiger partial charge in [0.2, 0.25) is 0 Å². The van der Waals surface area contributed by atoms with Crippen molar-refractivity contribution >= 4 is 23.4 Å². The molecule has 0 aliphatic rings. The zero-order chi connectivity index (χ0) is 19.4. The Bertz CT molecular complexity index is 560. The Morgan fingerprint density at radius 2 is 2.12 bits per heavy atom. The Kier molecular flexibility index (Phi) is 10.7. The van der Waals surface area contributed by atoms with Crippen LogP contribution in [0, 0.1) is 5.92 Å². The molecule has 0 spiro atoms. The fourth-order valence-electron chi connectivity index (χ4n) is 2.46. The van der Waals surface area contributed by atoms with Gasteiger partial charge in [-0.15, -0.1) is 11.3 Å². The summed E-state index contributed by atoms with van der Waals surface area (Å²) in [5.74, 6) is 1.19. The number of carbonyl (C=O) groups excluding carboxylic acids is 1. The lowest BCUT2D eigenvalue weighted by atomic mass is 10.0. The van der Waals surface area contributed by atoms with Crippen LogP contribution in [0.5, 0.6) is 0 Å². The molecule has 1 unspecified atom stereocenters. The smallest absolute Gasteiger partial charge is 0.407 e. The molecular weight excluding hydrogens is 350 g/mol. The molecule has 3 N–H and O–H groups in total. The maximum absolute atomic E-state index is 11.7. The fourth-order valence-corrected chi connectivity index (χ4v) is 3.32. The highest BCUT2D eigenvalue weighted by molar-refractivity contribution is 7.11. The van der Waals surface area contributed by atoms with E-state index in [2.05, 4.69) is 46.7 Å². The normalized spacial score (nSPS) is 12.8. The van der Waals surface area contributed by atoms with Gasteiger partial charge in [0.1, 0.15) is 0 Å². The van der Waals surface area contributed by atoms with Crippen molar-refractivity contribution < 1.29 is 9.53 Å². The van der Waals surface area contributed by atoms with E-state index in [0.29, 0.717) is 19.1 Å². The molecule has 0 saturated heterocycles. The Morgan fingerprint density at radius 3 is 2.69 bits per heavy atom. The number of aliphatic imine (C=N–C) groups is 1. The summed E-state index contributed by atoms with van der Waals surface area (Å²) in [7, 11) is 1.74. The van der Waals surface area contributed by atoms with E-state index in [9.17, 15) is 4.79 Å². The molecule has 148 valence electrons. The SMILES string of the molecule is CCOC(=O)NC(CNC(=NC)NCCc1ncc(CC)s1)CC(C)C. The first-order valence-corrected chi connectivity index (χ1v) is 10.1. The number of hydrogen-bond donors (Lipinski definition) is 3. The van der Waals surface area contributed by atoms with Crippen LogP contribution in [-0.4, -0.2) is 49.8 Å². The average Bonchev–Trinajstić information content (AvgIpc) is 3.05. The molecule has 1 aromatic rings. The predicted molar refractivity (Wildman–Crippen MR) is 108 cm³/mol. The number of aryl methyl sites for hydroxylation is 1. The van der Waals surface area contributed by atoms with Crippen molar-refractivity contribution in [2.45, 2.75) is 53.0 Å². The number of nitrogens with zero attached hydrogens (tertiary/aromatic N) is 2. The Labute approximate surface area is 161 Å². The maximum atomic E-state index is 11.7. The lowest BCUT2D eigenvalue weighted by molar-refractivity contribution is 0.146. The van der Waals surface area contributed by atoms with E-state index >= 15 is 0 Å². The van der Waals surface area contributed by atoms with Crippen LogP contribution in [0.25, 0.3) is 0 Å². The third-order valence-corrected chi connectivity index (χ3v) is 4.88. The van der Waals surface area contributed by atoms with Gasteiger partial charge in [-0.25, -0.2) is 9.78 Å². The number of ether oxygens (including phenoxy) is 1. The van der Waals surface area contributed by atoms with Crippen molar-refractivity contribution in [1.29, 1.82) is 0 Å². The summed E-state index contributed by atoms with van der Waals surface area (Å²) >= 11 is 1.76. The van der Waals surface area contributed by atoms with Crippen LogP contribution in [0.4, 0.5) is 4.79 Å². The van der Waals surface area contributed by atoms with Gasteiger partial charge in [-0.1, -0.05) is 20.8 Å². The minimum Gasteiger partial charge on any atom is -0.450 e. The first-order chi connectivity index (χ1) is 12.5. The van der Waals surface area contributed by atoms with Gasteiger partial charge < -0.3 is 20.7 Å². The number of thiazole rings is 1. The number of amides is 1. The maximum Gasteiger partial charge on any atom is 0.407 e. The molecule has 0 saturated carbocycles. The Balaban J connectivity index is 2.41. The molecule has 26 heavy (non-hydrogen) atoms. The van der Waals surface area contributed by atoms with E-state index in [1.807, 2.05) is 6.20 Å². The van der Waals surface area contributed by atoms with Crippen molar-refractivity contribution in [3.05, 3.63) is 16.1 Å². The van der Waals surface area contributed by atoms with Gasteiger partial charge in [0.15, 0.2) is 5.96 Å². The van der Waals surface area contributed by atoms with Gasteiger partial charge in [0.25, 0.3) is 0 Å². The number of aromatic nitrogens is 1. The molecule has 1 atom stereocenters. The van der Waals surface area contributed by atoms with Crippen molar-refractivity contribution in [2.24, 2.45) is 10.9 Å². The molecule has 0 aliphatic carbocycles. The summed E-state index contributed by atoms with van der Waals surface area (Å²) in [5.41, 5.74) is 0. The van der Waals surface area contributed by atoms with Gasteiger partial charge in [-0.3, -0.25) is 4.99 Å². The summed E-state index contributed by atoms with van der Waals surface area (Å²) < 4.78 is 4.98. The molecule has 0 aliphatic heterocycles. The zero-order valence-electron chi connectivity index (χ0n) is 16.6. The summed E-state index contributed by atoms with van der Waals surface area (Å²) in [6.45, 7) is 9.92. The van der Waals surface area contributed by atoms with Crippen molar-refractivity contribution in [2.75, 3.05) is 26.7 Å². The highest BCUT2D eigenvalue weighted by Crippen LogP contribution is 2.13. The zero-order valence-corrected chi connectivity index (χ0v) is 17.4. The predicted octanol–water partition coefficient (Wildman–Crippen LogP) is 2.57. The molecule has 7 nitrogen and oxygen atoms in total. The van der Waals surface area contributed by atoms with E-state index < -0.39 is 0 Å². The number of carbonyl (C=O) groups is 1. The van der Waals surface area contributed by atoms with Crippen molar-refractivity contribution in [1.82, 2.24) is 20.9 Å². The van der Waals surface area contributed by atoms with Crippen LogP contribution in [0.15, 0.2) is 11.2 Å². The second-order valence-electron chi connectivity index (χ2n) is 6.40. The van der Waals surface area contributed by atoms with Crippen molar-refractivity contribution in [3.63, 3.8) is 0 Å². The largest absolute Gasteiger partial charge is 0.450 e. The van der Waals surface area contributed by atoms with Crippen LogP contribution < -0.4 is 16.0 Å². The van der Waals surface area contributed by atoms with Gasteiger partial charge in [0, 0.05) is 43.7 Å². The molecule has 1 rings (SSSR count). The summed E-state index contributed by atoms with van der Waals surface area (Å²) in [6.07, 6.45) is 4.33. The summed E-state index contributed by atoms with van der Waals surface area (Å²) in [4.78, 5) is 21.7. The Morgan fingerprint density at radius 1 is 1.35 bits per heavy atom. The second-order valence-corrected chi connectivity index (χ2v) is 7.59. The average molecular weight is 384 g/mol.